The third-order valence-electron chi connectivity index (χ3n) is 5.52. The summed E-state index contributed by atoms with van der Waals surface area (Å²) >= 11 is 0. The van der Waals surface area contributed by atoms with Crippen molar-refractivity contribution >= 4 is 21.6 Å². The average Bonchev–Trinajstić information content (AvgIpc) is 3.53. The first-order chi connectivity index (χ1) is 13.3. The Kier molecular flexibility index (Phi) is 6.26. The van der Waals surface area contributed by atoms with Crippen molar-refractivity contribution < 1.29 is 13.2 Å². The normalized spacial score (nSPS) is 20.4. The van der Waals surface area contributed by atoms with Crippen molar-refractivity contribution in [3.05, 3.63) is 24.3 Å². The predicted octanol–water partition coefficient (Wildman–Crippen LogP) is 2.47. The molecule has 1 aliphatic carbocycles. The SMILES string of the molecule is CC(C#N)(NC(=O)CNc1cccc(S(=O)(=O)N2CCCCCC2)c1)C1CC1. The van der Waals surface area contributed by atoms with Crippen LogP contribution in [0.25, 0.3) is 0 Å². The summed E-state index contributed by atoms with van der Waals surface area (Å²) in [7, 11) is -3.53. The van der Waals surface area contributed by atoms with E-state index in [1.54, 1.807) is 35.5 Å². The Morgan fingerprint density at radius 3 is 2.54 bits per heavy atom. The number of hydrogen-bond donors (Lipinski definition) is 2. The van der Waals surface area contributed by atoms with Gasteiger partial charge in [0.1, 0.15) is 5.54 Å². The van der Waals surface area contributed by atoms with E-state index in [-0.39, 0.29) is 23.3 Å². The quantitative estimate of drug-likeness (QED) is 0.727. The maximum absolute atomic E-state index is 12.9. The van der Waals surface area contributed by atoms with Gasteiger partial charge in [0.25, 0.3) is 0 Å². The van der Waals surface area contributed by atoms with Gasteiger partial charge in [-0.3, -0.25) is 4.79 Å². The number of hydrogen-bond acceptors (Lipinski definition) is 5. The van der Waals surface area contributed by atoms with Crippen LogP contribution >= 0.6 is 0 Å². The van der Waals surface area contributed by atoms with E-state index in [0.717, 1.165) is 38.5 Å². The highest BCUT2D eigenvalue weighted by atomic mass is 32.2. The monoisotopic (exact) mass is 404 g/mol. The molecule has 2 fully saturated rings. The molecule has 8 heteroatoms. The Bertz CT molecular complexity index is 852. The molecule has 1 saturated carbocycles. The van der Waals surface area contributed by atoms with E-state index in [2.05, 4.69) is 16.7 Å². The molecule has 1 heterocycles. The van der Waals surface area contributed by atoms with Gasteiger partial charge in [-0.25, -0.2) is 8.42 Å². The van der Waals surface area contributed by atoms with E-state index in [0.29, 0.717) is 18.8 Å². The number of anilines is 1. The molecule has 1 unspecified atom stereocenters. The maximum Gasteiger partial charge on any atom is 0.243 e. The smallest absolute Gasteiger partial charge is 0.243 e. The van der Waals surface area contributed by atoms with Gasteiger partial charge in [-0.2, -0.15) is 9.57 Å². The summed E-state index contributed by atoms with van der Waals surface area (Å²) in [5.41, 5.74) is -0.271. The summed E-state index contributed by atoms with van der Waals surface area (Å²) in [6.07, 6.45) is 5.80. The second-order valence-corrected chi connectivity index (χ2v) is 9.77. The van der Waals surface area contributed by atoms with Crippen LogP contribution in [0.2, 0.25) is 0 Å². The Labute approximate surface area is 167 Å². The lowest BCUT2D eigenvalue weighted by Gasteiger charge is -2.23. The highest BCUT2D eigenvalue weighted by molar-refractivity contribution is 7.89. The van der Waals surface area contributed by atoms with Crippen LogP contribution in [-0.4, -0.2) is 43.8 Å². The third kappa shape index (κ3) is 4.83. The molecule has 2 N–H and O–H groups in total. The maximum atomic E-state index is 12.9. The van der Waals surface area contributed by atoms with Crippen LogP contribution in [0.15, 0.2) is 29.2 Å². The van der Waals surface area contributed by atoms with Gasteiger partial charge in [0.15, 0.2) is 0 Å². The van der Waals surface area contributed by atoms with Gasteiger partial charge in [-0.15, -0.1) is 0 Å². The fourth-order valence-electron chi connectivity index (χ4n) is 3.60. The zero-order valence-corrected chi connectivity index (χ0v) is 17.1. The Balaban J connectivity index is 1.63. The van der Waals surface area contributed by atoms with Crippen LogP contribution in [0.5, 0.6) is 0 Å². The van der Waals surface area contributed by atoms with Gasteiger partial charge in [0.2, 0.25) is 15.9 Å². The topological polar surface area (TPSA) is 102 Å². The van der Waals surface area contributed by atoms with Gasteiger partial charge in [0, 0.05) is 18.8 Å². The lowest BCUT2D eigenvalue weighted by Crippen LogP contribution is -2.48. The van der Waals surface area contributed by atoms with E-state index in [1.165, 1.54) is 0 Å². The number of nitrogens with zero attached hydrogens (tertiary/aromatic N) is 2. The molecule has 7 nitrogen and oxygen atoms in total. The van der Waals surface area contributed by atoms with Crippen molar-refractivity contribution in [2.24, 2.45) is 5.92 Å². The summed E-state index contributed by atoms with van der Waals surface area (Å²) in [5.74, 6) is -0.0692. The van der Waals surface area contributed by atoms with Crippen LogP contribution < -0.4 is 10.6 Å². The predicted molar refractivity (Wildman–Crippen MR) is 107 cm³/mol. The number of rotatable bonds is 7. The summed E-state index contributed by atoms with van der Waals surface area (Å²) in [6, 6.07) is 8.76. The number of amides is 1. The van der Waals surface area contributed by atoms with Crippen LogP contribution in [0.1, 0.15) is 45.4 Å². The number of carbonyl (C=O) groups is 1. The first kappa shape index (κ1) is 20.6. The fourth-order valence-corrected chi connectivity index (χ4v) is 5.16. The van der Waals surface area contributed by atoms with Crippen molar-refractivity contribution in [2.75, 3.05) is 25.0 Å². The average molecular weight is 405 g/mol. The molecule has 1 atom stereocenters. The first-order valence-electron chi connectivity index (χ1n) is 9.91. The lowest BCUT2D eigenvalue weighted by molar-refractivity contribution is -0.120. The molecule has 1 aromatic rings. The minimum Gasteiger partial charge on any atom is -0.376 e. The number of nitrogens with one attached hydrogen (secondary N) is 2. The van der Waals surface area contributed by atoms with Gasteiger partial charge >= 0.3 is 0 Å². The standard InChI is InChI=1S/C20H28N4O3S/c1-20(15-21,16-9-10-16)23-19(25)14-22-17-7-6-8-18(13-17)28(26,27)24-11-4-2-3-5-12-24/h6-8,13,16,22H,2-5,9-12,14H2,1H3,(H,23,25). The minimum absolute atomic E-state index is 0.0167. The Hall–Kier alpha value is -2.11. The molecular weight excluding hydrogens is 376 g/mol. The highest BCUT2D eigenvalue weighted by Gasteiger charge is 2.42. The zero-order chi connectivity index (χ0) is 20.2. The lowest BCUT2D eigenvalue weighted by atomic mass is 9.98. The van der Waals surface area contributed by atoms with Crippen LogP contribution in [0.4, 0.5) is 5.69 Å². The summed E-state index contributed by atoms with van der Waals surface area (Å²) < 4.78 is 27.4. The second kappa shape index (κ2) is 8.50. The fraction of sp³-hybridized carbons (Fsp3) is 0.600. The molecule has 0 spiro atoms. The van der Waals surface area contributed by atoms with Gasteiger partial charge < -0.3 is 10.6 Å². The summed E-state index contributed by atoms with van der Waals surface area (Å²) in [6.45, 7) is 2.83. The van der Waals surface area contributed by atoms with Crippen molar-refractivity contribution in [3.8, 4) is 6.07 Å². The largest absolute Gasteiger partial charge is 0.376 e. The van der Waals surface area contributed by atoms with Crippen molar-refractivity contribution in [3.63, 3.8) is 0 Å². The Morgan fingerprint density at radius 1 is 1.25 bits per heavy atom. The van der Waals surface area contributed by atoms with E-state index < -0.39 is 15.6 Å². The van der Waals surface area contributed by atoms with E-state index in [9.17, 15) is 18.5 Å². The molecule has 0 radical (unpaired) electrons. The van der Waals surface area contributed by atoms with Gasteiger partial charge in [-0.05, 0) is 56.7 Å². The number of carbonyl (C=O) groups excluding carboxylic acids is 1. The molecule has 3 rings (SSSR count). The van der Waals surface area contributed by atoms with E-state index in [1.807, 2.05) is 0 Å². The number of benzene rings is 1. The molecule has 0 aromatic heterocycles. The zero-order valence-electron chi connectivity index (χ0n) is 16.3. The summed E-state index contributed by atoms with van der Waals surface area (Å²) in [4.78, 5) is 12.5. The van der Waals surface area contributed by atoms with E-state index in [4.69, 9.17) is 0 Å². The number of nitriles is 1. The second-order valence-electron chi connectivity index (χ2n) is 7.84. The van der Waals surface area contributed by atoms with Crippen LogP contribution in [-0.2, 0) is 14.8 Å². The molecule has 1 aromatic carbocycles. The Morgan fingerprint density at radius 2 is 1.93 bits per heavy atom. The van der Waals surface area contributed by atoms with Crippen LogP contribution in [0, 0.1) is 17.2 Å². The summed E-state index contributed by atoms with van der Waals surface area (Å²) in [5, 5.41) is 15.1. The van der Waals surface area contributed by atoms with Gasteiger partial charge in [-0.1, -0.05) is 18.9 Å². The van der Waals surface area contributed by atoms with E-state index >= 15 is 0 Å². The molecule has 28 heavy (non-hydrogen) atoms. The molecule has 1 aliphatic heterocycles. The molecule has 1 amide bonds. The molecule has 2 aliphatic rings. The molecular formula is C20H28N4O3S. The highest BCUT2D eigenvalue weighted by Crippen LogP contribution is 2.39. The van der Waals surface area contributed by atoms with Gasteiger partial charge in [0.05, 0.1) is 17.5 Å². The first-order valence-corrected chi connectivity index (χ1v) is 11.4. The third-order valence-corrected chi connectivity index (χ3v) is 7.41. The minimum atomic E-state index is -3.53. The molecule has 0 bridgehead atoms. The van der Waals surface area contributed by atoms with Crippen LogP contribution in [0.3, 0.4) is 0 Å². The molecule has 1 saturated heterocycles. The van der Waals surface area contributed by atoms with Crippen molar-refractivity contribution in [1.82, 2.24) is 9.62 Å². The van der Waals surface area contributed by atoms with Crippen molar-refractivity contribution in [1.29, 1.82) is 5.26 Å². The van der Waals surface area contributed by atoms with Crippen molar-refractivity contribution in [2.45, 2.75) is 55.9 Å². The number of sulfonamides is 1. The molecule has 152 valence electrons.